The molecular weight excluding hydrogens is 307 g/mol. The first-order valence-corrected chi connectivity index (χ1v) is 6.82. The average Bonchev–Trinajstić information content (AvgIpc) is 2.37. The van der Waals surface area contributed by atoms with Crippen LogP contribution in [-0.2, 0) is 0 Å². The van der Waals surface area contributed by atoms with Gasteiger partial charge in [-0.3, -0.25) is 0 Å². The molecule has 0 saturated carbocycles. The smallest absolute Gasteiger partial charge is 0.125 e. The van der Waals surface area contributed by atoms with E-state index in [1.165, 1.54) is 12.1 Å². The van der Waals surface area contributed by atoms with Crippen molar-refractivity contribution in [2.75, 3.05) is 11.9 Å². The molecule has 2 aromatic carbocycles. The molecule has 0 aromatic heterocycles. The Morgan fingerprint density at radius 2 is 1.84 bits per heavy atom. The summed E-state index contributed by atoms with van der Waals surface area (Å²) in [5.41, 5.74) is 8.71. The van der Waals surface area contributed by atoms with E-state index >= 15 is 0 Å². The Morgan fingerprint density at radius 3 is 2.42 bits per heavy atom. The third kappa shape index (κ3) is 3.14. The van der Waals surface area contributed by atoms with E-state index in [1.54, 1.807) is 6.07 Å². The van der Waals surface area contributed by atoms with Gasteiger partial charge in [0.2, 0.25) is 0 Å². The topological polar surface area (TPSA) is 29.3 Å². The van der Waals surface area contributed by atoms with Gasteiger partial charge in [0, 0.05) is 28.9 Å². The summed E-state index contributed by atoms with van der Waals surface area (Å²) in [6.45, 7) is 1.94. The minimum absolute atomic E-state index is 0.0251. The molecule has 2 aromatic rings. The van der Waals surface area contributed by atoms with Crippen LogP contribution in [-0.4, -0.2) is 7.05 Å². The standard InChI is InChI=1S/C15H16BrFN2/c1-10(18)14-7-6-13(9-15(14)16)19(2)12-5-3-4-11(17)8-12/h3-10H,18H2,1-2H3/t10-/m1/s1. The van der Waals surface area contributed by atoms with Gasteiger partial charge < -0.3 is 10.6 Å². The highest BCUT2D eigenvalue weighted by Gasteiger charge is 2.09. The van der Waals surface area contributed by atoms with Crippen LogP contribution in [0.25, 0.3) is 0 Å². The molecule has 2 rings (SSSR count). The Morgan fingerprint density at radius 1 is 1.16 bits per heavy atom. The molecule has 0 saturated heterocycles. The van der Waals surface area contributed by atoms with E-state index in [0.29, 0.717) is 0 Å². The van der Waals surface area contributed by atoms with Gasteiger partial charge in [0.25, 0.3) is 0 Å². The lowest BCUT2D eigenvalue weighted by molar-refractivity contribution is 0.628. The molecule has 0 fully saturated rings. The Kier molecular flexibility index (Phi) is 4.22. The first-order chi connectivity index (χ1) is 8.99. The van der Waals surface area contributed by atoms with Crippen LogP contribution in [0.3, 0.4) is 0 Å². The van der Waals surface area contributed by atoms with Crippen LogP contribution in [0, 0.1) is 5.82 Å². The van der Waals surface area contributed by atoms with E-state index in [-0.39, 0.29) is 11.9 Å². The van der Waals surface area contributed by atoms with Crippen LogP contribution in [0.4, 0.5) is 15.8 Å². The summed E-state index contributed by atoms with van der Waals surface area (Å²) in [6.07, 6.45) is 0. The maximum absolute atomic E-state index is 13.2. The van der Waals surface area contributed by atoms with Crippen LogP contribution in [0.15, 0.2) is 46.9 Å². The van der Waals surface area contributed by atoms with Gasteiger partial charge in [-0.1, -0.05) is 28.1 Å². The second-order valence-corrected chi connectivity index (χ2v) is 5.39. The van der Waals surface area contributed by atoms with Crippen molar-refractivity contribution in [2.45, 2.75) is 13.0 Å². The van der Waals surface area contributed by atoms with Crippen LogP contribution in [0.1, 0.15) is 18.5 Å². The molecule has 0 aliphatic rings. The van der Waals surface area contributed by atoms with Crippen molar-refractivity contribution in [3.63, 3.8) is 0 Å². The fourth-order valence-corrected chi connectivity index (χ4v) is 2.66. The summed E-state index contributed by atoms with van der Waals surface area (Å²) in [7, 11) is 1.90. The zero-order valence-electron chi connectivity index (χ0n) is 10.9. The molecule has 19 heavy (non-hydrogen) atoms. The zero-order valence-corrected chi connectivity index (χ0v) is 12.5. The predicted octanol–water partition coefficient (Wildman–Crippen LogP) is 4.38. The van der Waals surface area contributed by atoms with E-state index in [4.69, 9.17) is 5.73 Å². The van der Waals surface area contributed by atoms with Crippen LogP contribution >= 0.6 is 15.9 Å². The molecule has 2 nitrogen and oxygen atoms in total. The summed E-state index contributed by atoms with van der Waals surface area (Å²) in [5, 5.41) is 0. The summed E-state index contributed by atoms with van der Waals surface area (Å²) < 4.78 is 14.2. The molecule has 0 radical (unpaired) electrons. The van der Waals surface area contributed by atoms with E-state index in [9.17, 15) is 4.39 Å². The van der Waals surface area contributed by atoms with Crippen molar-refractivity contribution in [3.05, 3.63) is 58.3 Å². The summed E-state index contributed by atoms with van der Waals surface area (Å²) in [5.74, 6) is -0.240. The molecule has 0 amide bonds. The van der Waals surface area contributed by atoms with Gasteiger partial charge in [0.05, 0.1) is 0 Å². The van der Waals surface area contributed by atoms with Gasteiger partial charge in [-0.05, 0) is 42.8 Å². The maximum atomic E-state index is 13.2. The first-order valence-electron chi connectivity index (χ1n) is 6.03. The van der Waals surface area contributed by atoms with E-state index in [1.807, 2.05) is 43.1 Å². The molecule has 2 N–H and O–H groups in total. The lowest BCUT2D eigenvalue weighted by Crippen LogP contribution is -2.11. The fourth-order valence-electron chi connectivity index (χ4n) is 1.93. The Hall–Kier alpha value is -1.39. The second kappa shape index (κ2) is 5.72. The molecule has 0 unspecified atom stereocenters. The van der Waals surface area contributed by atoms with Gasteiger partial charge in [-0.2, -0.15) is 0 Å². The van der Waals surface area contributed by atoms with Crippen molar-refractivity contribution < 1.29 is 4.39 Å². The summed E-state index contributed by atoms with van der Waals surface area (Å²) in [4.78, 5) is 1.93. The number of rotatable bonds is 3. The molecular formula is C15H16BrFN2. The van der Waals surface area contributed by atoms with Gasteiger partial charge in [-0.15, -0.1) is 0 Å². The summed E-state index contributed by atoms with van der Waals surface area (Å²) >= 11 is 3.52. The number of nitrogens with two attached hydrogens (primary N) is 1. The molecule has 0 spiro atoms. The number of anilines is 2. The molecule has 0 aliphatic heterocycles. The number of nitrogens with zero attached hydrogens (tertiary/aromatic N) is 1. The molecule has 0 aliphatic carbocycles. The van der Waals surface area contributed by atoms with Gasteiger partial charge in [-0.25, -0.2) is 4.39 Å². The van der Waals surface area contributed by atoms with Crippen molar-refractivity contribution in [1.29, 1.82) is 0 Å². The molecule has 4 heteroatoms. The Labute approximate surface area is 121 Å². The first kappa shape index (κ1) is 14.0. The largest absolute Gasteiger partial charge is 0.345 e. The molecule has 0 bridgehead atoms. The SMILES string of the molecule is C[C@@H](N)c1ccc(N(C)c2cccc(F)c2)cc1Br. The normalized spacial score (nSPS) is 12.3. The van der Waals surface area contributed by atoms with Crippen molar-refractivity contribution in [2.24, 2.45) is 5.73 Å². The average molecular weight is 323 g/mol. The minimum atomic E-state index is -0.240. The van der Waals surface area contributed by atoms with E-state index < -0.39 is 0 Å². The lowest BCUT2D eigenvalue weighted by atomic mass is 10.1. The van der Waals surface area contributed by atoms with Gasteiger partial charge >= 0.3 is 0 Å². The van der Waals surface area contributed by atoms with E-state index in [0.717, 1.165) is 21.4 Å². The van der Waals surface area contributed by atoms with Gasteiger partial charge in [0.1, 0.15) is 5.82 Å². The molecule has 1 atom stereocenters. The van der Waals surface area contributed by atoms with Crippen LogP contribution in [0.2, 0.25) is 0 Å². The number of hydrogen-bond donors (Lipinski definition) is 1. The van der Waals surface area contributed by atoms with Crippen molar-refractivity contribution in [1.82, 2.24) is 0 Å². The highest BCUT2D eigenvalue weighted by molar-refractivity contribution is 9.10. The Balaban J connectivity index is 2.34. The lowest BCUT2D eigenvalue weighted by Gasteiger charge is -2.21. The van der Waals surface area contributed by atoms with Crippen LogP contribution in [0.5, 0.6) is 0 Å². The molecule has 0 heterocycles. The number of halogens is 2. The fraction of sp³-hybridized carbons (Fsp3) is 0.200. The second-order valence-electron chi connectivity index (χ2n) is 4.53. The number of hydrogen-bond acceptors (Lipinski definition) is 2. The van der Waals surface area contributed by atoms with Crippen molar-refractivity contribution >= 4 is 27.3 Å². The quantitative estimate of drug-likeness (QED) is 0.908. The third-order valence-corrected chi connectivity index (χ3v) is 3.74. The highest BCUT2D eigenvalue weighted by atomic mass is 79.9. The third-order valence-electron chi connectivity index (χ3n) is 3.06. The maximum Gasteiger partial charge on any atom is 0.125 e. The summed E-state index contributed by atoms with van der Waals surface area (Å²) in [6, 6.07) is 12.4. The van der Waals surface area contributed by atoms with Gasteiger partial charge in [0.15, 0.2) is 0 Å². The minimum Gasteiger partial charge on any atom is -0.345 e. The Bertz CT molecular complexity index is 584. The zero-order chi connectivity index (χ0) is 14.0. The van der Waals surface area contributed by atoms with Crippen LogP contribution < -0.4 is 10.6 Å². The highest BCUT2D eigenvalue weighted by Crippen LogP contribution is 2.30. The van der Waals surface area contributed by atoms with E-state index in [2.05, 4.69) is 15.9 Å². The predicted molar refractivity (Wildman–Crippen MR) is 81.2 cm³/mol. The number of benzene rings is 2. The van der Waals surface area contributed by atoms with Crippen molar-refractivity contribution in [3.8, 4) is 0 Å². The monoisotopic (exact) mass is 322 g/mol. The molecule has 100 valence electrons.